The van der Waals surface area contributed by atoms with Crippen LogP contribution in [0.2, 0.25) is 0 Å². The van der Waals surface area contributed by atoms with Gasteiger partial charge in [0.05, 0.1) is 5.92 Å². The number of hydrogen-bond donors (Lipinski definition) is 2. The van der Waals surface area contributed by atoms with Crippen molar-refractivity contribution in [2.75, 3.05) is 13.1 Å². The molecule has 0 aromatic heterocycles. The van der Waals surface area contributed by atoms with E-state index in [-0.39, 0.29) is 17.9 Å². The topological polar surface area (TPSA) is 41.1 Å². The van der Waals surface area contributed by atoms with E-state index in [1.807, 2.05) is 6.92 Å². The van der Waals surface area contributed by atoms with Gasteiger partial charge >= 0.3 is 0 Å². The van der Waals surface area contributed by atoms with Crippen molar-refractivity contribution in [3.8, 4) is 12.3 Å². The van der Waals surface area contributed by atoms with Crippen molar-refractivity contribution in [3.63, 3.8) is 0 Å². The molecule has 3 heteroatoms. The van der Waals surface area contributed by atoms with Crippen LogP contribution in [0.25, 0.3) is 0 Å². The quantitative estimate of drug-likeness (QED) is 0.643. The van der Waals surface area contributed by atoms with Crippen LogP contribution in [0.3, 0.4) is 0 Å². The highest BCUT2D eigenvalue weighted by Gasteiger charge is 2.21. The summed E-state index contributed by atoms with van der Waals surface area (Å²) in [6.45, 7) is 3.77. The number of hydrogen-bond acceptors (Lipinski definition) is 2. The van der Waals surface area contributed by atoms with Crippen LogP contribution in [0.5, 0.6) is 0 Å². The highest BCUT2D eigenvalue weighted by molar-refractivity contribution is 5.79. The summed E-state index contributed by atoms with van der Waals surface area (Å²) in [5, 5.41) is 6.15. The Bertz CT molecular complexity index is 226. The molecule has 0 radical (unpaired) electrons. The second-order valence-corrected chi connectivity index (χ2v) is 3.86. The van der Waals surface area contributed by atoms with Crippen molar-refractivity contribution in [1.82, 2.24) is 10.6 Å². The number of carbonyl (C=O) groups excluding carboxylic acids is 1. The van der Waals surface area contributed by atoms with Gasteiger partial charge in [-0.25, -0.2) is 0 Å². The number of piperidine rings is 1. The maximum atomic E-state index is 11.7. The average Bonchev–Trinajstić information content (AvgIpc) is 2.19. The molecule has 1 rings (SSSR count). The van der Waals surface area contributed by atoms with E-state index >= 15 is 0 Å². The molecule has 14 heavy (non-hydrogen) atoms. The Morgan fingerprint density at radius 1 is 1.79 bits per heavy atom. The molecule has 1 heterocycles. The second-order valence-electron chi connectivity index (χ2n) is 3.86. The molecule has 0 aromatic carbocycles. The van der Waals surface area contributed by atoms with E-state index in [1.54, 1.807) is 0 Å². The van der Waals surface area contributed by atoms with Gasteiger partial charge in [-0.2, -0.15) is 0 Å². The monoisotopic (exact) mass is 194 g/mol. The van der Waals surface area contributed by atoms with Gasteiger partial charge in [-0.05, 0) is 26.3 Å². The van der Waals surface area contributed by atoms with Crippen molar-refractivity contribution in [2.24, 2.45) is 5.92 Å². The van der Waals surface area contributed by atoms with E-state index in [1.165, 1.54) is 0 Å². The fourth-order valence-electron chi connectivity index (χ4n) is 1.66. The third kappa shape index (κ3) is 3.39. The maximum absolute atomic E-state index is 11.7. The summed E-state index contributed by atoms with van der Waals surface area (Å²) in [7, 11) is 0. The number of carbonyl (C=O) groups is 1. The minimum atomic E-state index is 0.0921. The van der Waals surface area contributed by atoms with E-state index in [0.29, 0.717) is 6.42 Å². The minimum absolute atomic E-state index is 0.0921. The first-order valence-electron chi connectivity index (χ1n) is 5.18. The number of nitrogens with one attached hydrogen (secondary N) is 2. The molecule has 0 bridgehead atoms. The van der Waals surface area contributed by atoms with E-state index < -0.39 is 0 Å². The fourth-order valence-corrected chi connectivity index (χ4v) is 1.66. The van der Waals surface area contributed by atoms with Gasteiger partial charge in [0.1, 0.15) is 0 Å². The first-order chi connectivity index (χ1) is 6.74. The summed E-state index contributed by atoms with van der Waals surface area (Å²) >= 11 is 0. The van der Waals surface area contributed by atoms with Crippen molar-refractivity contribution in [2.45, 2.75) is 32.2 Å². The van der Waals surface area contributed by atoms with Crippen LogP contribution in [-0.2, 0) is 4.79 Å². The number of rotatable bonds is 3. The zero-order valence-corrected chi connectivity index (χ0v) is 8.68. The second kappa shape index (κ2) is 5.66. The molecular weight excluding hydrogens is 176 g/mol. The van der Waals surface area contributed by atoms with Crippen LogP contribution in [0.1, 0.15) is 26.2 Å². The SMILES string of the molecule is C#CCC(C)NC(=O)C1CCCNC1. The van der Waals surface area contributed by atoms with Gasteiger partial charge < -0.3 is 10.6 Å². The lowest BCUT2D eigenvalue weighted by Gasteiger charge is -2.23. The lowest BCUT2D eigenvalue weighted by Crippen LogP contribution is -2.43. The Hall–Kier alpha value is -1.01. The third-order valence-corrected chi connectivity index (χ3v) is 2.48. The van der Waals surface area contributed by atoms with Crippen LogP contribution in [0.15, 0.2) is 0 Å². The van der Waals surface area contributed by atoms with Gasteiger partial charge in [0.15, 0.2) is 0 Å². The molecule has 0 aromatic rings. The van der Waals surface area contributed by atoms with Crippen LogP contribution in [0, 0.1) is 18.3 Å². The summed E-state index contributed by atoms with van der Waals surface area (Å²) in [5.41, 5.74) is 0. The molecule has 0 aliphatic carbocycles. The molecule has 1 aliphatic heterocycles. The summed E-state index contributed by atoms with van der Waals surface area (Å²) in [4.78, 5) is 11.7. The molecule has 1 aliphatic rings. The highest BCUT2D eigenvalue weighted by atomic mass is 16.1. The zero-order valence-electron chi connectivity index (χ0n) is 8.68. The first-order valence-corrected chi connectivity index (χ1v) is 5.18. The first kappa shape index (κ1) is 11.1. The predicted molar refractivity (Wildman–Crippen MR) is 56.6 cm³/mol. The standard InChI is InChI=1S/C11H18N2O/c1-3-5-9(2)13-11(14)10-6-4-7-12-8-10/h1,9-10,12H,4-8H2,2H3,(H,13,14). The molecule has 1 saturated heterocycles. The van der Waals surface area contributed by atoms with Crippen LogP contribution in [-0.4, -0.2) is 25.0 Å². The smallest absolute Gasteiger partial charge is 0.224 e. The molecule has 1 amide bonds. The largest absolute Gasteiger partial charge is 0.352 e. The number of terminal acetylenes is 1. The van der Waals surface area contributed by atoms with Gasteiger partial charge in [-0.1, -0.05) is 0 Å². The van der Waals surface area contributed by atoms with Gasteiger partial charge in [0.25, 0.3) is 0 Å². The highest BCUT2D eigenvalue weighted by Crippen LogP contribution is 2.10. The Kier molecular flexibility index (Phi) is 4.48. The molecule has 2 N–H and O–H groups in total. The summed E-state index contributed by atoms with van der Waals surface area (Å²) in [5.74, 6) is 2.81. The Labute approximate surface area is 85.6 Å². The summed E-state index contributed by atoms with van der Waals surface area (Å²) in [6, 6.07) is 0.0921. The molecule has 78 valence electrons. The normalized spacial score (nSPS) is 23.6. The molecule has 2 unspecified atom stereocenters. The van der Waals surface area contributed by atoms with Crippen LogP contribution >= 0.6 is 0 Å². The number of amides is 1. The van der Waals surface area contributed by atoms with Gasteiger partial charge in [0, 0.05) is 19.0 Å². The van der Waals surface area contributed by atoms with E-state index in [4.69, 9.17) is 6.42 Å². The van der Waals surface area contributed by atoms with Gasteiger partial charge in [0.2, 0.25) is 5.91 Å². The Balaban J connectivity index is 2.30. The van der Waals surface area contributed by atoms with Crippen molar-refractivity contribution < 1.29 is 4.79 Å². The molecule has 2 atom stereocenters. The summed E-state index contributed by atoms with van der Waals surface area (Å²) in [6.07, 6.45) is 7.85. The van der Waals surface area contributed by atoms with Gasteiger partial charge in [-0.3, -0.25) is 4.79 Å². The van der Waals surface area contributed by atoms with Crippen molar-refractivity contribution in [3.05, 3.63) is 0 Å². The lowest BCUT2D eigenvalue weighted by molar-refractivity contribution is -0.126. The van der Waals surface area contributed by atoms with Crippen LogP contribution in [0.4, 0.5) is 0 Å². The average molecular weight is 194 g/mol. The van der Waals surface area contributed by atoms with E-state index in [9.17, 15) is 4.79 Å². The van der Waals surface area contributed by atoms with Crippen molar-refractivity contribution >= 4 is 5.91 Å². The Morgan fingerprint density at radius 2 is 2.57 bits per heavy atom. The van der Waals surface area contributed by atoms with E-state index in [2.05, 4.69) is 16.6 Å². The molecule has 1 fully saturated rings. The fraction of sp³-hybridized carbons (Fsp3) is 0.727. The van der Waals surface area contributed by atoms with Gasteiger partial charge in [-0.15, -0.1) is 12.3 Å². The Morgan fingerprint density at radius 3 is 3.14 bits per heavy atom. The van der Waals surface area contributed by atoms with Crippen molar-refractivity contribution in [1.29, 1.82) is 0 Å². The van der Waals surface area contributed by atoms with E-state index in [0.717, 1.165) is 25.9 Å². The molecule has 0 spiro atoms. The summed E-state index contributed by atoms with van der Waals surface area (Å²) < 4.78 is 0. The van der Waals surface area contributed by atoms with Crippen LogP contribution < -0.4 is 10.6 Å². The zero-order chi connectivity index (χ0) is 10.4. The third-order valence-electron chi connectivity index (χ3n) is 2.48. The lowest BCUT2D eigenvalue weighted by atomic mass is 9.98. The molecule has 0 saturated carbocycles. The maximum Gasteiger partial charge on any atom is 0.224 e. The molecular formula is C11H18N2O. The minimum Gasteiger partial charge on any atom is -0.352 e. The predicted octanol–water partition coefficient (Wildman–Crippen LogP) is 0.514. The molecule has 3 nitrogen and oxygen atoms in total.